The third-order valence-corrected chi connectivity index (χ3v) is 1.29. The van der Waals surface area contributed by atoms with Gasteiger partial charge in [0.15, 0.2) is 0 Å². The van der Waals surface area contributed by atoms with Crippen LogP contribution in [0.3, 0.4) is 0 Å². The summed E-state index contributed by atoms with van der Waals surface area (Å²) in [5, 5.41) is 1.04. The Bertz CT molecular complexity index is 284. The zero-order valence-electron chi connectivity index (χ0n) is 7.37. The van der Waals surface area contributed by atoms with Crippen molar-refractivity contribution in [2.24, 2.45) is 0 Å². The summed E-state index contributed by atoms with van der Waals surface area (Å²) in [6, 6.07) is 10.8. The molecule has 0 atom stereocenters. The van der Waals surface area contributed by atoms with E-state index in [2.05, 4.69) is 6.07 Å². The molecule has 1 radical (unpaired) electrons. The minimum atomic E-state index is 0. The van der Waals surface area contributed by atoms with Crippen LogP contribution in [0.1, 0.15) is 13.8 Å². The predicted octanol–water partition coefficient (Wildman–Crippen LogP) is 3.26. The van der Waals surface area contributed by atoms with Gasteiger partial charge in [-0.1, -0.05) is 26.0 Å². The molecular formula is C10H11OY-. The first-order chi connectivity index (χ1) is 5.47. The normalized spacial score (nSPS) is 8.17. The molecular weight excluding hydrogens is 225 g/mol. The Labute approximate surface area is 98.0 Å². The van der Waals surface area contributed by atoms with Crippen LogP contribution in [0.25, 0.3) is 11.0 Å². The maximum absolute atomic E-state index is 5.06. The van der Waals surface area contributed by atoms with Gasteiger partial charge in [0.25, 0.3) is 0 Å². The van der Waals surface area contributed by atoms with E-state index in [0.29, 0.717) is 0 Å². The third-order valence-electron chi connectivity index (χ3n) is 1.29. The van der Waals surface area contributed by atoms with Crippen molar-refractivity contribution in [2.45, 2.75) is 13.8 Å². The SMILES string of the molecule is CC.[Y].[c-]1coc2ccccc12. The fourth-order valence-corrected chi connectivity index (χ4v) is 0.845. The molecule has 2 heteroatoms. The molecule has 12 heavy (non-hydrogen) atoms. The van der Waals surface area contributed by atoms with Gasteiger partial charge in [-0.2, -0.15) is 6.07 Å². The Morgan fingerprint density at radius 3 is 2.50 bits per heavy atom. The number of furan rings is 1. The number of benzene rings is 1. The van der Waals surface area contributed by atoms with Gasteiger partial charge in [-0.3, -0.25) is 0 Å². The summed E-state index contributed by atoms with van der Waals surface area (Å²) in [6.45, 7) is 4.00. The zero-order valence-corrected chi connectivity index (χ0v) is 10.2. The maximum Gasteiger partial charge on any atom is 0.0199 e. The van der Waals surface area contributed by atoms with E-state index in [1.54, 1.807) is 6.26 Å². The van der Waals surface area contributed by atoms with Gasteiger partial charge >= 0.3 is 0 Å². The van der Waals surface area contributed by atoms with E-state index in [-0.39, 0.29) is 32.7 Å². The number of hydrogen-bond acceptors (Lipinski definition) is 1. The van der Waals surface area contributed by atoms with Gasteiger partial charge in [-0.25, -0.2) is 0 Å². The fraction of sp³-hybridized carbons (Fsp3) is 0.200. The van der Waals surface area contributed by atoms with Crippen molar-refractivity contribution in [2.75, 3.05) is 0 Å². The summed E-state index contributed by atoms with van der Waals surface area (Å²) in [7, 11) is 0. The minimum Gasteiger partial charge on any atom is -0.536 e. The van der Waals surface area contributed by atoms with Gasteiger partial charge in [0.1, 0.15) is 0 Å². The van der Waals surface area contributed by atoms with Gasteiger partial charge in [0.05, 0.1) is 0 Å². The molecule has 0 bridgehead atoms. The second-order valence-electron chi connectivity index (χ2n) is 1.88. The summed E-state index contributed by atoms with van der Waals surface area (Å²) < 4.78 is 5.06. The van der Waals surface area contributed by atoms with Gasteiger partial charge in [-0.05, 0) is 0 Å². The molecule has 1 aromatic carbocycles. The van der Waals surface area contributed by atoms with Crippen molar-refractivity contribution in [3.8, 4) is 0 Å². The van der Waals surface area contributed by atoms with Crippen LogP contribution in [0.5, 0.6) is 0 Å². The van der Waals surface area contributed by atoms with Crippen LogP contribution < -0.4 is 0 Å². The second-order valence-corrected chi connectivity index (χ2v) is 1.88. The average Bonchev–Trinajstić information content (AvgIpc) is 2.55. The number of para-hydroxylation sites is 1. The van der Waals surface area contributed by atoms with Crippen molar-refractivity contribution < 1.29 is 37.1 Å². The maximum atomic E-state index is 5.06. The standard InChI is InChI=1S/C8H5O.C2H6.Y/c1-2-4-8-7(3-1)5-6-9-8;1-2;/h1-4,6H;1-2H3;/q-1;;. The Balaban J connectivity index is 0.000000378. The molecule has 0 saturated heterocycles. The van der Waals surface area contributed by atoms with Crippen molar-refractivity contribution >= 4 is 11.0 Å². The molecule has 1 heterocycles. The van der Waals surface area contributed by atoms with Crippen LogP contribution in [0.4, 0.5) is 0 Å². The molecule has 0 unspecified atom stereocenters. The zero-order chi connectivity index (χ0) is 8.10. The molecule has 1 aromatic heterocycles. The van der Waals surface area contributed by atoms with Crippen LogP contribution in [-0.2, 0) is 32.7 Å². The van der Waals surface area contributed by atoms with Gasteiger partial charge in [-0.15, -0.1) is 17.5 Å². The summed E-state index contributed by atoms with van der Waals surface area (Å²) in [5.74, 6) is 0. The van der Waals surface area contributed by atoms with Gasteiger partial charge in [0.2, 0.25) is 0 Å². The van der Waals surface area contributed by atoms with Crippen molar-refractivity contribution in [1.29, 1.82) is 0 Å². The Morgan fingerprint density at radius 1 is 1.17 bits per heavy atom. The fourth-order valence-electron chi connectivity index (χ4n) is 0.845. The Kier molecular flexibility index (Phi) is 6.32. The minimum absolute atomic E-state index is 0. The van der Waals surface area contributed by atoms with Crippen LogP contribution >= 0.6 is 0 Å². The quantitative estimate of drug-likeness (QED) is 0.640. The summed E-state index contributed by atoms with van der Waals surface area (Å²) in [5.41, 5.74) is 0.900. The summed E-state index contributed by atoms with van der Waals surface area (Å²) in [4.78, 5) is 0. The molecule has 0 fully saturated rings. The molecule has 2 rings (SSSR count). The topological polar surface area (TPSA) is 13.1 Å². The molecule has 0 aliphatic rings. The smallest absolute Gasteiger partial charge is 0.0199 e. The first kappa shape index (κ1) is 11.9. The van der Waals surface area contributed by atoms with Crippen LogP contribution in [0, 0.1) is 6.07 Å². The van der Waals surface area contributed by atoms with Gasteiger partial charge in [0, 0.05) is 44.6 Å². The number of fused-ring (bicyclic) bond motifs is 1. The van der Waals surface area contributed by atoms with E-state index in [4.69, 9.17) is 4.42 Å². The molecule has 0 amide bonds. The van der Waals surface area contributed by atoms with E-state index in [9.17, 15) is 0 Å². The monoisotopic (exact) mass is 236 g/mol. The van der Waals surface area contributed by atoms with E-state index < -0.39 is 0 Å². The van der Waals surface area contributed by atoms with Crippen LogP contribution in [0.15, 0.2) is 34.9 Å². The molecule has 0 aliphatic heterocycles. The Morgan fingerprint density at radius 2 is 1.83 bits per heavy atom. The van der Waals surface area contributed by atoms with Crippen molar-refractivity contribution in [3.05, 3.63) is 36.6 Å². The number of hydrogen-bond donors (Lipinski definition) is 0. The third kappa shape index (κ3) is 2.73. The molecule has 0 saturated carbocycles. The molecule has 0 spiro atoms. The number of rotatable bonds is 0. The van der Waals surface area contributed by atoms with Gasteiger partial charge < -0.3 is 4.42 Å². The molecule has 61 valence electrons. The predicted molar refractivity (Wildman–Crippen MR) is 46.4 cm³/mol. The molecule has 1 nitrogen and oxygen atoms in total. The second kappa shape index (κ2) is 6.39. The largest absolute Gasteiger partial charge is 0.536 e. The summed E-state index contributed by atoms with van der Waals surface area (Å²) >= 11 is 0. The first-order valence-electron chi connectivity index (χ1n) is 3.81. The van der Waals surface area contributed by atoms with Crippen molar-refractivity contribution in [3.63, 3.8) is 0 Å². The van der Waals surface area contributed by atoms with Crippen LogP contribution in [-0.4, -0.2) is 0 Å². The van der Waals surface area contributed by atoms with E-state index >= 15 is 0 Å². The van der Waals surface area contributed by atoms with E-state index in [1.165, 1.54) is 0 Å². The average molecular weight is 236 g/mol. The first-order valence-corrected chi connectivity index (χ1v) is 3.81. The summed E-state index contributed by atoms with van der Waals surface area (Å²) in [6.07, 6.45) is 1.57. The molecule has 0 aliphatic carbocycles. The Hall–Kier alpha value is -0.136. The molecule has 0 N–H and O–H groups in total. The van der Waals surface area contributed by atoms with Crippen LogP contribution in [0.2, 0.25) is 0 Å². The molecule has 2 aromatic rings. The van der Waals surface area contributed by atoms with E-state index in [1.807, 2.05) is 38.1 Å². The van der Waals surface area contributed by atoms with Crippen molar-refractivity contribution in [1.82, 2.24) is 0 Å². The van der Waals surface area contributed by atoms with E-state index in [0.717, 1.165) is 11.0 Å².